The van der Waals surface area contributed by atoms with Crippen LogP contribution in [0.25, 0.3) is 11.1 Å². The van der Waals surface area contributed by atoms with Gasteiger partial charge in [0.15, 0.2) is 0 Å². The molecule has 1 aromatic carbocycles. The van der Waals surface area contributed by atoms with Gasteiger partial charge < -0.3 is 19.9 Å². The van der Waals surface area contributed by atoms with Gasteiger partial charge in [0.05, 0.1) is 12.5 Å². The number of carboxylic acids is 1. The van der Waals surface area contributed by atoms with Gasteiger partial charge >= 0.3 is 5.97 Å². The van der Waals surface area contributed by atoms with Gasteiger partial charge in [0.25, 0.3) is 5.56 Å². The maximum Gasteiger partial charge on any atom is 0.305 e. The Balaban J connectivity index is 1.99. The number of hydrogen-bond acceptors (Lipinski definition) is 5. The van der Waals surface area contributed by atoms with E-state index in [1.165, 1.54) is 10.6 Å². The molecule has 8 nitrogen and oxygen atoms in total. The zero-order valence-corrected chi connectivity index (χ0v) is 23.1. The maximum absolute atomic E-state index is 13.7. The number of nitrogens with one attached hydrogen (secondary N) is 1. The van der Waals surface area contributed by atoms with Crippen LogP contribution in [0.4, 0.5) is 0 Å². The Labute approximate surface area is 224 Å². The smallest absolute Gasteiger partial charge is 0.305 e. The van der Waals surface area contributed by atoms with Crippen molar-refractivity contribution in [2.75, 3.05) is 14.1 Å². The summed E-state index contributed by atoms with van der Waals surface area (Å²) in [5, 5.41) is 12.6. The van der Waals surface area contributed by atoms with Gasteiger partial charge in [-0.05, 0) is 74.2 Å². The number of nitrogens with zero attached hydrogens (tertiary/aromatic N) is 3. The summed E-state index contributed by atoms with van der Waals surface area (Å²) in [6.45, 7) is 8.63. The first-order valence-electron chi connectivity index (χ1n) is 12.9. The van der Waals surface area contributed by atoms with Gasteiger partial charge in [0.1, 0.15) is 6.04 Å². The van der Waals surface area contributed by atoms with Crippen molar-refractivity contribution in [3.8, 4) is 11.1 Å². The highest BCUT2D eigenvalue weighted by Gasteiger charge is 2.27. The molecule has 0 saturated heterocycles. The second-order valence-corrected chi connectivity index (χ2v) is 10.6. The van der Waals surface area contributed by atoms with Crippen LogP contribution in [-0.4, -0.2) is 45.5 Å². The highest BCUT2D eigenvalue weighted by molar-refractivity contribution is 5.82. The minimum atomic E-state index is -1.04. The van der Waals surface area contributed by atoms with E-state index in [0.717, 1.165) is 27.8 Å². The van der Waals surface area contributed by atoms with E-state index in [0.29, 0.717) is 18.5 Å². The lowest BCUT2D eigenvalue weighted by Gasteiger charge is -2.25. The summed E-state index contributed by atoms with van der Waals surface area (Å²) in [6.07, 6.45) is 5.18. The molecule has 1 amide bonds. The first-order chi connectivity index (χ1) is 18.0. The molecule has 0 bridgehead atoms. The third kappa shape index (κ3) is 7.38. The van der Waals surface area contributed by atoms with E-state index in [-0.39, 0.29) is 17.9 Å². The minimum Gasteiger partial charge on any atom is -0.481 e. The number of rotatable bonds is 11. The molecule has 3 aromatic rings. The second-order valence-electron chi connectivity index (χ2n) is 10.6. The number of pyridine rings is 2. The SMILES string of the molecule is Cc1cccc(C)c1-c1cncc([C@H](CC(=O)O)NC(=O)C(CC(C)C)n2cc(CN(C)C)ccc2=O)c1. The van der Waals surface area contributed by atoms with Gasteiger partial charge in [-0.3, -0.25) is 19.4 Å². The average molecular weight is 519 g/mol. The van der Waals surface area contributed by atoms with Crippen molar-refractivity contribution in [3.63, 3.8) is 0 Å². The van der Waals surface area contributed by atoms with Crippen LogP contribution in [0.15, 0.2) is 59.8 Å². The Morgan fingerprint density at radius 2 is 1.76 bits per heavy atom. The molecule has 0 aliphatic rings. The summed E-state index contributed by atoms with van der Waals surface area (Å²) in [7, 11) is 3.87. The molecule has 2 heterocycles. The average Bonchev–Trinajstić information content (AvgIpc) is 2.83. The summed E-state index contributed by atoms with van der Waals surface area (Å²) in [5.74, 6) is -1.31. The summed E-state index contributed by atoms with van der Waals surface area (Å²) >= 11 is 0. The number of aryl methyl sites for hydroxylation is 2. The molecular weight excluding hydrogens is 480 g/mol. The molecule has 1 unspecified atom stereocenters. The highest BCUT2D eigenvalue weighted by Crippen LogP contribution is 2.29. The molecule has 2 aromatic heterocycles. The van der Waals surface area contributed by atoms with Crippen LogP contribution in [0.2, 0.25) is 0 Å². The summed E-state index contributed by atoms with van der Waals surface area (Å²) in [4.78, 5) is 44.7. The zero-order valence-electron chi connectivity index (χ0n) is 23.1. The zero-order chi connectivity index (χ0) is 28.0. The Morgan fingerprint density at radius 3 is 2.37 bits per heavy atom. The molecule has 0 aliphatic heterocycles. The van der Waals surface area contributed by atoms with Crippen LogP contribution in [0.1, 0.15) is 61.0 Å². The maximum atomic E-state index is 13.7. The van der Waals surface area contributed by atoms with Crippen LogP contribution in [-0.2, 0) is 16.1 Å². The summed E-state index contributed by atoms with van der Waals surface area (Å²) in [5.41, 5.74) is 5.27. The molecule has 2 atom stereocenters. The lowest BCUT2D eigenvalue weighted by molar-refractivity contribution is -0.138. The molecule has 0 spiro atoms. The van der Waals surface area contributed by atoms with Crippen LogP contribution >= 0.6 is 0 Å². The Morgan fingerprint density at radius 1 is 1.08 bits per heavy atom. The van der Waals surface area contributed by atoms with Crippen molar-refractivity contribution >= 4 is 11.9 Å². The molecule has 0 saturated carbocycles. The fourth-order valence-corrected chi connectivity index (χ4v) is 4.79. The van der Waals surface area contributed by atoms with Gasteiger partial charge in [-0.25, -0.2) is 0 Å². The van der Waals surface area contributed by atoms with Gasteiger partial charge in [0, 0.05) is 36.8 Å². The fourth-order valence-electron chi connectivity index (χ4n) is 4.79. The van der Waals surface area contributed by atoms with Crippen molar-refractivity contribution in [1.29, 1.82) is 0 Å². The molecule has 0 fully saturated rings. The van der Waals surface area contributed by atoms with Crippen LogP contribution in [0.5, 0.6) is 0 Å². The number of benzene rings is 1. The predicted molar refractivity (Wildman–Crippen MR) is 149 cm³/mol. The second kappa shape index (κ2) is 12.6. The quantitative estimate of drug-likeness (QED) is 0.387. The lowest BCUT2D eigenvalue weighted by atomic mass is 9.94. The molecular formula is C30H38N4O4. The van der Waals surface area contributed by atoms with Gasteiger partial charge in [-0.1, -0.05) is 38.1 Å². The van der Waals surface area contributed by atoms with E-state index in [9.17, 15) is 19.5 Å². The number of carboxylic acid groups (broad SMARTS) is 1. The topological polar surface area (TPSA) is 105 Å². The van der Waals surface area contributed by atoms with E-state index in [1.807, 2.05) is 71.0 Å². The number of hydrogen-bond donors (Lipinski definition) is 2. The third-order valence-corrected chi connectivity index (χ3v) is 6.46. The highest BCUT2D eigenvalue weighted by atomic mass is 16.4. The van der Waals surface area contributed by atoms with E-state index in [2.05, 4.69) is 10.3 Å². The van der Waals surface area contributed by atoms with Crippen molar-refractivity contribution < 1.29 is 14.7 Å². The minimum absolute atomic E-state index is 0.127. The first kappa shape index (κ1) is 28.8. The van der Waals surface area contributed by atoms with E-state index >= 15 is 0 Å². The molecule has 202 valence electrons. The Hall–Kier alpha value is -3.78. The number of amides is 1. The van der Waals surface area contributed by atoms with Gasteiger partial charge in [-0.2, -0.15) is 0 Å². The lowest BCUT2D eigenvalue weighted by Crippen LogP contribution is -2.40. The monoisotopic (exact) mass is 518 g/mol. The molecule has 8 heteroatoms. The molecule has 0 radical (unpaired) electrons. The van der Waals surface area contributed by atoms with E-state index in [1.54, 1.807) is 24.7 Å². The normalized spacial score (nSPS) is 12.9. The van der Waals surface area contributed by atoms with Crippen LogP contribution < -0.4 is 10.9 Å². The van der Waals surface area contributed by atoms with Crippen molar-refractivity contribution in [3.05, 3.63) is 87.6 Å². The molecule has 0 aliphatic carbocycles. The number of aliphatic carboxylic acids is 1. The van der Waals surface area contributed by atoms with Gasteiger partial charge in [0.2, 0.25) is 5.91 Å². The Kier molecular flexibility index (Phi) is 9.58. The molecule has 38 heavy (non-hydrogen) atoms. The standard InChI is InChI=1S/C30H38N4O4/c1-19(2)12-26(34-18-22(17-33(5)6)10-11-27(34)35)30(38)32-25(14-28(36)37)23-13-24(16-31-15-23)29-20(3)8-7-9-21(29)4/h7-11,13,15-16,18-19,25-26H,12,14,17H2,1-6H3,(H,32,38)(H,36,37)/t25-,26?/m0/s1. The predicted octanol–water partition coefficient (Wildman–Crippen LogP) is 4.51. The van der Waals surface area contributed by atoms with E-state index < -0.39 is 24.0 Å². The van der Waals surface area contributed by atoms with Crippen LogP contribution in [0, 0.1) is 19.8 Å². The number of carbonyl (C=O) groups is 2. The number of carbonyl (C=O) groups excluding carboxylic acids is 1. The first-order valence-corrected chi connectivity index (χ1v) is 12.9. The van der Waals surface area contributed by atoms with Crippen LogP contribution in [0.3, 0.4) is 0 Å². The van der Waals surface area contributed by atoms with Crippen molar-refractivity contribution in [1.82, 2.24) is 19.8 Å². The Bertz CT molecular complexity index is 1330. The fraction of sp³-hybridized carbons (Fsp3) is 0.400. The summed E-state index contributed by atoms with van der Waals surface area (Å²) < 4.78 is 1.47. The van der Waals surface area contributed by atoms with Gasteiger partial charge in [-0.15, -0.1) is 0 Å². The third-order valence-electron chi connectivity index (χ3n) is 6.46. The molecule has 2 N–H and O–H groups in total. The van der Waals surface area contributed by atoms with E-state index in [4.69, 9.17) is 0 Å². The molecule has 3 rings (SSSR count). The number of aromatic nitrogens is 2. The largest absolute Gasteiger partial charge is 0.481 e. The van der Waals surface area contributed by atoms with Crippen molar-refractivity contribution in [2.45, 2.75) is 59.2 Å². The van der Waals surface area contributed by atoms with Crippen molar-refractivity contribution in [2.24, 2.45) is 5.92 Å². The summed E-state index contributed by atoms with van der Waals surface area (Å²) in [6, 6.07) is 9.56.